The van der Waals surface area contributed by atoms with Gasteiger partial charge in [0.15, 0.2) is 0 Å². The zero-order valence-corrected chi connectivity index (χ0v) is 16.2. The molecule has 0 atom stereocenters. The van der Waals surface area contributed by atoms with Crippen molar-refractivity contribution in [1.82, 2.24) is 0 Å². The lowest BCUT2D eigenvalue weighted by atomic mass is 10.0. The van der Waals surface area contributed by atoms with E-state index in [9.17, 15) is 13.2 Å². The Morgan fingerprint density at radius 1 is 0.893 bits per heavy atom. The number of sulfonamides is 1. The average Bonchev–Trinajstić information content (AvgIpc) is 2.72. The number of hydrogen-bond donors (Lipinski definition) is 1. The Hall–Kier alpha value is -3.12. The highest BCUT2D eigenvalue weighted by Gasteiger charge is 2.35. The zero-order chi connectivity index (χ0) is 19.7. The number of aryl methyl sites for hydroxylation is 1. The minimum atomic E-state index is -3.83. The summed E-state index contributed by atoms with van der Waals surface area (Å²) in [4.78, 5) is 13.0. The molecule has 28 heavy (non-hydrogen) atoms. The number of hydrogen-bond acceptors (Lipinski definition) is 3. The van der Waals surface area contributed by atoms with Gasteiger partial charge in [-0.2, -0.15) is 0 Å². The summed E-state index contributed by atoms with van der Waals surface area (Å²) in [5, 5.41) is 2.86. The number of amides is 1. The SMILES string of the molecule is CCc1ccccc1NC(=O)CN1c2ccccc2-c2ccccc2S1(=O)=O. The molecule has 3 aromatic rings. The van der Waals surface area contributed by atoms with Crippen LogP contribution in [0.2, 0.25) is 0 Å². The highest BCUT2D eigenvalue weighted by molar-refractivity contribution is 7.93. The molecule has 1 amide bonds. The van der Waals surface area contributed by atoms with Gasteiger partial charge in [0.1, 0.15) is 6.54 Å². The maximum atomic E-state index is 13.2. The van der Waals surface area contributed by atoms with E-state index in [-0.39, 0.29) is 17.3 Å². The number of para-hydroxylation sites is 2. The minimum absolute atomic E-state index is 0.218. The van der Waals surface area contributed by atoms with E-state index < -0.39 is 10.0 Å². The number of fused-ring (bicyclic) bond motifs is 3. The number of nitrogens with zero attached hydrogens (tertiary/aromatic N) is 1. The van der Waals surface area contributed by atoms with Crippen molar-refractivity contribution >= 4 is 27.3 Å². The molecule has 1 aliphatic heterocycles. The lowest BCUT2D eigenvalue weighted by Gasteiger charge is -2.31. The van der Waals surface area contributed by atoms with Crippen molar-refractivity contribution < 1.29 is 13.2 Å². The normalized spacial score (nSPS) is 14.1. The van der Waals surface area contributed by atoms with Gasteiger partial charge in [0.2, 0.25) is 5.91 Å². The van der Waals surface area contributed by atoms with Crippen LogP contribution < -0.4 is 9.62 Å². The maximum Gasteiger partial charge on any atom is 0.265 e. The molecule has 0 fully saturated rings. The summed E-state index contributed by atoms with van der Waals surface area (Å²) in [6.07, 6.45) is 0.772. The first kappa shape index (κ1) is 18.3. The van der Waals surface area contributed by atoms with Gasteiger partial charge in [-0.05, 0) is 30.2 Å². The van der Waals surface area contributed by atoms with Crippen LogP contribution in [-0.2, 0) is 21.2 Å². The Kier molecular flexibility index (Phi) is 4.65. The van der Waals surface area contributed by atoms with Crippen molar-refractivity contribution in [3.8, 4) is 11.1 Å². The predicted octanol–water partition coefficient (Wildman–Crippen LogP) is 4.06. The van der Waals surface area contributed by atoms with Crippen molar-refractivity contribution in [2.75, 3.05) is 16.2 Å². The highest BCUT2D eigenvalue weighted by Crippen LogP contribution is 2.42. The minimum Gasteiger partial charge on any atom is -0.324 e. The first-order valence-corrected chi connectivity index (χ1v) is 10.6. The summed E-state index contributed by atoms with van der Waals surface area (Å²) in [7, 11) is -3.83. The van der Waals surface area contributed by atoms with Crippen molar-refractivity contribution in [1.29, 1.82) is 0 Å². The summed E-state index contributed by atoms with van der Waals surface area (Å²) >= 11 is 0. The molecular weight excluding hydrogens is 372 g/mol. The second-order valence-corrected chi connectivity index (χ2v) is 8.41. The lowest BCUT2D eigenvalue weighted by Crippen LogP contribution is -2.40. The molecule has 4 rings (SSSR count). The summed E-state index contributed by atoms with van der Waals surface area (Å²) in [6.45, 7) is 1.72. The van der Waals surface area contributed by atoms with E-state index in [1.54, 1.807) is 30.3 Å². The molecule has 0 bridgehead atoms. The molecule has 0 radical (unpaired) electrons. The van der Waals surface area contributed by atoms with E-state index in [0.29, 0.717) is 16.9 Å². The van der Waals surface area contributed by atoms with Gasteiger partial charge in [-0.15, -0.1) is 0 Å². The highest BCUT2D eigenvalue weighted by atomic mass is 32.2. The molecule has 3 aromatic carbocycles. The number of rotatable bonds is 4. The van der Waals surface area contributed by atoms with Gasteiger partial charge in [0.05, 0.1) is 10.6 Å². The zero-order valence-electron chi connectivity index (χ0n) is 15.4. The largest absolute Gasteiger partial charge is 0.324 e. The number of carbonyl (C=O) groups is 1. The van der Waals surface area contributed by atoms with E-state index in [2.05, 4.69) is 5.32 Å². The van der Waals surface area contributed by atoms with Gasteiger partial charge in [-0.1, -0.05) is 61.5 Å². The topological polar surface area (TPSA) is 66.5 Å². The van der Waals surface area contributed by atoms with E-state index in [4.69, 9.17) is 0 Å². The van der Waals surface area contributed by atoms with Gasteiger partial charge in [-0.25, -0.2) is 8.42 Å². The summed E-state index contributed by atoms with van der Waals surface area (Å²) in [5.41, 5.74) is 3.68. The van der Waals surface area contributed by atoms with Crippen LogP contribution in [0.3, 0.4) is 0 Å². The number of anilines is 2. The molecule has 5 nitrogen and oxygen atoms in total. The molecule has 142 valence electrons. The van der Waals surface area contributed by atoms with E-state index in [0.717, 1.165) is 17.5 Å². The van der Waals surface area contributed by atoms with Gasteiger partial charge in [0, 0.05) is 16.8 Å². The smallest absolute Gasteiger partial charge is 0.265 e. The third-order valence-corrected chi connectivity index (χ3v) is 6.70. The molecular formula is C22H20N2O3S. The van der Waals surface area contributed by atoms with Crippen LogP contribution in [0.1, 0.15) is 12.5 Å². The second-order valence-electron chi connectivity index (χ2n) is 6.58. The molecule has 0 saturated carbocycles. The second kappa shape index (κ2) is 7.13. The fraction of sp³-hybridized carbons (Fsp3) is 0.136. The van der Waals surface area contributed by atoms with Crippen LogP contribution in [0.4, 0.5) is 11.4 Å². The predicted molar refractivity (Wildman–Crippen MR) is 111 cm³/mol. The van der Waals surface area contributed by atoms with Crippen LogP contribution in [0.15, 0.2) is 77.7 Å². The number of carbonyl (C=O) groups excluding carboxylic acids is 1. The van der Waals surface area contributed by atoms with Crippen molar-refractivity contribution in [2.24, 2.45) is 0 Å². The van der Waals surface area contributed by atoms with Crippen LogP contribution in [0.25, 0.3) is 11.1 Å². The van der Waals surface area contributed by atoms with Gasteiger partial charge < -0.3 is 5.32 Å². The molecule has 1 heterocycles. The molecule has 1 N–H and O–H groups in total. The Balaban J connectivity index is 1.71. The summed E-state index contributed by atoms with van der Waals surface area (Å²) < 4.78 is 27.6. The Bertz CT molecular complexity index is 1160. The van der Waals surface area contributed by atoms with Gasteiger partial charge in [-0.3, -0.25) is 9.10 Å². The van der Waals surface area contributed by atoms with Crippen molar-refractivity contribution in [3.63, 3.8) is 0 Å². The summed E-state index contributed by atoms with van der Waals surface area (Å²) in [6, 6.07) is 21.7. The summed E-state index contributed by atoms with van der Waals surface area (Å²) in [5.74, 6) is -0.376. The fourth-order valence-corrected chi connectivity index (χ4v) is 5.17. The first-order valence-electron chi connectivity index (χ1n) is 9.11. The molecule has 0 aliphatic carbocycles. The molecule has 0 unspecified atom stereocenters. The quantitative estimate of drug-likeness (QED) is 0.728. The lowest BCUT2D eigenvalue weighted by molar-refractivity contribution is -0.114. The monoisotopic (exact) mass is 392 g/mol. The van der Waals surface area contributed by atoms with Crippen molar-refractivity contribution in [3.05, 3.63) is 78.4 Å². The average molecular weight is 392 g/mol. The fourth-order valence-electron chi connectivity index (χ4n) is 3.52. The molecule has 1 aliphatic rings. The Morgan fingerprint density at radius 2 is 1.54 bits per heavy atom. The molecule has 0 aromatic heterocycles. The van der Waals surface area contributed by atoms with Gasteiger partial charge >= 0.3 is 0 Å². The van der Waals surface area contributed by atoms with Crippen molar-refractivity contribution in [2.45, 2.75) is 18.2 Å². The van der Waals surface area contributed by atoms with Crippen LogP contribution in [0, 0.1) is 0 Å². The molecule has 0 spiro atoms. The van der Waals surface area contributed by atoms with Crippen LogP contribution in [-0.4, -0.2) is 20.9 Å². The third kappa shape index (κ3) is 3.05. The Morgan fingerprint density at radius 3 is 2.32 bits per heavy atom. The first-order chi connectivity index (χ1) is 13.5. The van der Waals surface area contributed by atoms with Crippen LogP contribution >= 0.6 is 0 Å². The number of nitrogens with one attached hydrogen (secondary N) is 1. The standard InChI is InChI=1S/C22H20N2O3S/c1-2-16-9-3-6-12-19(16)23-22(25)15-24-20-13-7-4-10-17(20)18-11-5-8-14-21(18)28(24,26)27/h3-14H,2,15H2,1H3,(H,23,25). The number of benzene rings is 3. The maximum absolute atomic E-state index is 13.2. The molecule has 0 saturated heterocycles. The van der Waals surface area contributed by atoms with E-state index in [1.165, 1.54) is 4.31 Å². The van der Waals surface area contributed by atoms with Gasteiger partial charge in [0.25, 0.3) is 10.0 Å². The third-order valence-electron chi connectivity index (χ3n) is 4.88. The molecule has 6 heteroatoms. The van der Waals surface area contributed by atoms with E-state index in [1.807, 2.05) is 49.4 Å². The van der Waals surface area contributed by atoms with E-state index >= 15 is 0 Å². The van der Waals surface area contributed by atoms with Crippen LogP contribution in [0.5, 0.6) is 0 Å². The Labute approximate surface area is 164 Å².